The predicted octanol–water partition coefficient (Wildman–Crippen LogP) is 0.551. The van der Waals surface area contributed by atoms with Gasteiger partial charge in [-0.3, -0.25) is 9.13 Å². The van der Waals surface area contributed by atoms with Crippen molar-refractivity contribution < 1.29 is 28.3 Å². The summed E-state index contributed by atoms with van der Waals surface area (Å²) in [5.41, 5.74) is 0. The minimum atomic E-state index is -3.20. The van der Waals surface area contributed by atoms with E-state index < -0.39 is 16.5 Å². The fraction of sp³-hybridized carbons (Fsp3) is 1.00. The van der Waals surface area contributed by atoms with E-state index in [0.29, 0.717) is 6.61 Å². The van der Waals surface area contributed by atoms with Crippen LogP contribution in [0.2, 0.25) is 0 Å². The molecule has 3 N–H and O–H groups in total. The molecular weight excluding hydrogens is 335 g/mol. The molecule has 0 fully saturated rings. The van der Waals surface area contributed by atoms with Crippen molar-refractivity contribution >= 4 is 105 Å². The quantitative estimate of drug-likeness (QED) is 0.314. The molecule has 0 amide bonds. The van der Waals surface area contributed by atoms with E-state index in [0.717, 1.165) is 6.42 Å². The SMILES string of the molecule is CCCCCCCCCO.O=[PH](O)O[PH](=O)O.[NaH].[NaH].[NaH]. The summed E-state index contributed by atoms with van der Waals surface area (Å²) in [4.78, 5) is 15.4. The van der Waals surface area contributed by atoms with Crippen LogP contribution in [0.25, 0.3) is 0 Å². The molecule has 0 rings (SSSR count). The summed E-state index contributed by atoms with van der Waals surface area (Å²) in [5, 5.41) is 8.47. The van der Waals surface area contributed by atoms with Gasteiger partial charge in [-0.1, -0.05) is 45.4 Å². The Morgan fingerprint density at radius 3 is 1.40 bits per heavy atom. The first-order chi connectivity index (χ1) is 8.04. The molecule has 0 aliphatic carbocycles. The first-order valence-electron chi connectivity index (χ1n) is 5.79. The van der Waals surface area contributed by atoms with Gasteiger partial charge in [0, 0.05) is 6.61 Å². The third-order valence-electron chi connectivity index (χ3n) is 1.94. The summed E-state index contributed by atoms with van der Waals surface area (Å²) in [6.07, 6.45) is 8.93. The second kappa shape index (κ2) is 30.2. The number of aliphatic hydroxyl groups excluding tert-OH is 1. The van der Waals surface area contributed by atoms with Crippen molar-refractivity contribution in [3.8, 4) is 0 Å². The number of rotatable bonds is 9. The molecular formula is C9H27Na3O6P2. The Labute approximate surface area is 189 Å². The van der Waals surface area contributed by atoms with Crippen LogP contribution in [-0.4, -0.2) is 110 Å². The Kier molecular flexibility index (Phi) is 52.3. The molecule has 0 aromatic carbocycles. The van der Waals surface area contributed by atoms with Gasteiger partial charge in [-0.25, -0.2) is 4.31 Å². The molecule has 0 heterocycles. The Morgan fingerprint density at radius 1 is 0.800 bits per heavy atom. The molecule has 0 saturated carbocycles. The van der Waals surface area contributed by atoms with Crippen molar-refractivity contribution in [3.63, 3.8) is 0 Å². The van der Waals surface area contributed by atoms with Crippen molar-refractivity contribution in [1.29, 1.82) is 0 Å². The van der Waals surface area contributed by atoms with Crippen molar-refractivity contribution in [1.82, 2.24) is 0 Å². The van der Waals surface area contributed by atoms with E-state index >= 15 is 0 Å². The molecule has 11 heteroatoms. The molecule has 0 aromatic heterocycles. The standard InChI is InChI=1S/C9H20O.3Na.H4O5P2.3H/c1-2-3-4-5-6-7-8-9-10;;;;1-6(2)5-7(3)4;;;/h10H,2-9H2,1H3;;;;6-7H,(H,1,2)(H,3,4);;;. The molecule has 0 saturated heterocycles. The van der Waals surface area contributed by atoms with Crippen molar-refractivity contribution in [3.05, 3.63) is 0 Å². The van der Waals surface area contributed by atoms with Crippen LogP contribution in [0.1, 0.15) is 51.9 Å². The first-order valence-corrected chi connectivity index (χ1v) is 8.31. The number of unbranched alkanes of at least 4 members (excludes halogenated alkanes) is 6. The average molecular weight is 362 g/mol. The fourth-order valence-corrected chi connectivity index (χ4v) is 1.74. The molecule has 0 spiro atoms. The molecule has 0 bridgehead atoms. The Hall–Kier alpha value is 3.30. The van der Waals surface area contributed by atoms with E-state index in [1.54, 1.807) is 0 Å². The molecule has 20 heavy (non-hydrogen) atoms. The van der Waals surface area contributed by atoms with Gasteiger partial charge in [-0.2, -0.15) is 0 Å². The van der Waals surface area contributed by atoms with Crippen molar-refractivity contribution in [2.45, 2.75) is 51.9 Å². The first kappa shape index (κ1) is 34.6. The summed E-state index contributed by atoms with van der Waals surface area (Å²) in [6.45, 7) is 2.60. The molecule has 0 aliphatic heterocycles. The maximum absolute atomic E-state index is 9.44. The van der Waals surface area contributed by atoms with Crippen LogP contribution in [0.15, 0.2) is 0 Å². The van der Waals surface area contributed by atoms with Crippen LogP contribution in [0, 0.1) is 0 Å². The Bertz CT molecular complexity index is 192. The van der Waals surface area contributed by atoms with E-state index in [1.807, 2.05) is 0 Å². The van der Waals surface area contributed by atoms with Gasteiger partial charge >= 0.3 is 105 Å². The van der Waals surface area contributed by atoms with Crippen molar-refractivity contribution in [2.24, 2.45) is 0 Å². The van der Waals surface area contributed by atoms with Crippen LogP contribution in [0.3, 0.4) is 0 Å². The van der Waals surface area contributed by atoms with E-state index in [9.17, 15) is 9.13 Å². The Morgan fingerprint density at radius 2 is 1.15 bits per heavy atom. The molecule has 0 aromatic rings. The number of hydrogen-bond donors (Lipinski definition) is 3. The van der Waals surface area contributed by atoms with Gasteiger partial charge in [0.2, 0.25) is 0 Å². The van der Waals surface area contributed by atoms with Crippen LogP contribution >= 0.6 is 16.5 Å². The third-order valence-corrected chi connectivity index (χ3v) is 3.33. The van der Waals surface area contributed by atoms with Crippen molar-refractivity contribution in [2.75, 3.05) is 6.61 Å². The maximum atomic E-state index is 9.44. The van der Waals surface area contributed by atoms with E-state index in [4.69, 9.17) is 14.9 Å². The number of aliphatic hydroxyl groups is 1. The van der Waals surface area contributed by atoms with Gasteiger partial charge < -0.3 is 14.9 Å². The number of hydrogen-bond acceptors (Lipinski definition) is 4. The molecule has 2 unspecified atom stereocenters. The minimum absolute atomic E-state index is 0. The summed E-state index contributed by atoms with van der Waals surface area (Å²) < 4.78 is 22.3. The molecule has 6 nitrogen and oxygen atoms in total. The summed E-state index contributed by atoms with van der Waals surface area (Å²) in [6, 6.07) is 0. The van der Waals surface area contributed by atoms with Crippen LogP contribution in [0.4, 0.5) is 0 Å². The topological polar surface area (TPSA) is 104 Å². The molecule has 2 atom stereocenters. The van der Waals surface area contributed by atoms with Gasteiger partial charge in [0.1, 0.15) is 0 Å². The molecule has 0 radical (unpaired) electrons. The molecule has 0 aliphatic rings. The zero-order valence-electron chi connectivity index (χ0n) is 10.2. The van der Waals surface area contributed by atoms with Gasteiger partial charge in [-0.05, 0) is 6.42 Å². The van der Waals surface area contributed by atoms with E-state index in [-0.39, 0.29) is 88.7 Å². The van der Waals surface area contributed by atoms with Crippen LogP contribution in [-0.2, 0) is 13.4 Å². The predicted molar refractivity (Wildman–Crippen MR) is 90.1 cm³/mol. The third kappa shape index (κ3) is 42.9. The normalized spacial score (nSPS) is 11.6. The second-order valence-electron chi connectivity index (χ2n) is 3.48. The van der Waals surface area contributed by atoms with Crippen LogP contribution in [0.5, 0.6) is 0 Å². The summed E-state index contributed by atoms with van der Waals surface area (Å²) in [7, 11) is -6.40. The van der Waals surface area contributed by atoms with E-state index in [1.165, 1.54) is 38.5 Å². The monoisotopic (exact) mass is 362 g/mol. The summed E-state index contributed by atoms with van der Waals surface area (Å²) in [5.74, 6) is 0. The molecule has 112 valence electrons. The fourth-order valence-electron chi connectivity index (χ4n) is 1.14. The zero-order valence-corrected chi connectivity index (χ0v) is 12.2. The average Bonchev–Trinajstić information content (AvgIpc) is 2.22. The van der Waals surface area contributed by atoms with Crippen LogP contribution < -0.4 is 0 Å². The van der Waals surface area contributed by atoms with Gasteiger partial charge in [0.25, 0.3) is 0 Å². The van der Waals surface area contributed by atoms with E-state index in [2.05, 4.69) is 11.2 Å². The second-order valence-corrected chi connectivity index (χ2v) is 5.36. The zero-order chi connectivity index (χ0) is 13.5. The van der Waals surface area contributed by atoms with Gasteiger partial charge in [0.15, 0.2) is 0 Å². The summed E-state index contributed by atoms with van der Waals surface area (Å²) >= 11 is 0. The van der Waals surface area contributed by atoms with Gasteiger partial charge in [-0.15, -0.1) is 0 Å². The van der Waals surface area contributed by atoms with Gasteiger partial charge in [0.05, 0.1) is 0 Å². The Balaban J connectivity index is -0.0000000681.